The van der Waals surface area contributed by atoms with Crippen LogP contribution in [0.2, 0.25) is 0 Å². The molecule has 6 heteroatoms. The van der Waals surface area contributed by atoms with E-state index >= 15 is 0 Å². The molecule has 0 bridgehead atoms. The number of aromatic nitrogens is 2. The number of nitrogens with zero attached hydrogens (tertiary/aromatic N) is 3. The quantitative estimate of drug-likeness (QED) is 0.847. The molecule has 0 aliphatic carbocycles. The molecule has 0 radical (unpaired) electrons. The Kier molecular flexibility index (Phi) is 3.75. The highest BCUT2D eigenvalue weighted by molar-refractivity contribution is 5.52. The van der Waals surface area contributed by atoms with Gasteiger partial charge in [-0.2, -0.15) is 4.98 Å². The van der Waals surface area contributed by atoms with Crippen molar-refractivity contribution >= 4 is 11.8 Å². The van der Waals surface area contributed by atoms with Gasteiger partial charge in [0.1, 0.15) is 5.82 Å². The number of aliphatic hydroxyl groups is 1. The Balaban J connectivity index is 1.78. The van der Waals surface area contributed by atoms with Crippen LogP contribution in [0.1, 0.15) is 37.4 Å². The van der Waals surface area contributed by atoms with Crippen molar-refractivity contribution in [2.45, 2.75) is 51.2 Å². The zero-order valence-corrected chi connectivity index (χ0v) is 12.8. The van der Waals surface area contributed by atoms with E-state index in [-0.39, 0.29) is 11.7 Å². The summed E-state index contributed by atoms with van der Waals surface area (Å²) in [5.41, 5.74) is 7.83. The van der Waals surface area contributed by atoms with Crippen LogP contribution in [0.5, 0.6) is 0 Å². The van der Waals surface area contributed by atoms with Crippen LogP contribution in [-0.2, 0) is 11.2 Å². The lowest BCUT2D eigenvalue weighted by Crippen LogP contribution is -2.45. The van der Waals surface area contributed by atoms with Crippen LogP contribution >= 0.6 is 0 Å². The van der Waals surface area contributed by atoms with Crippen LogP contribution < -0.4 is 10.6 Å². The Morgan fingerprint density at radius 1 is 1.38 bits per heavy atom. The summed E-state index contributed by atoms with van der Waals surface area (Å²) < 4.78 is 5.85. The van der Waals surface area contributed by atoms with Gasteiger partial charge >= 0.3 is 0 Å². The number of aryl methyl sites for hydroxylation is 1. The van der Waals surface area contributed by atoms with E-state index in [0.717, 1.165) is 50.3 Å². The largest absolute Gasteiger partial charge is 0.391 e. The van der Waals surface area contributed by atoms with E-state index in [0.29, 0.717) is 12.6 Å². The van der Waals surface area contributed by atoms with Crippen molar-refractivity contribution in [2.75, 3.05) is 30.3 Å². The Hall–Kier alpha value is -1.40. The maximum absolute atomic E-state index is 9.71. The number of anilines is 2. The smallest absolute Gasteiger partial charge is 0.222 e. The lowest BCUT2D eigenvalue weighted by Gasteiger charge is -2.39. The monoisotopic (exact) mass is 292 g/mol. The lowest BCUT2D eigenvalue weighted by atomic mass is 9.88. The number of rotatable bonds is 2. The molecule has 0 saturated carbocycles. The summed E-state index contributed by atoms with van der Waals surface area (Å²) in [5, 5.41) is 9.71. The van der Waals surface area contributed by atoms with Gasteiger partial charge in [-0.15, -0.1) is 0 Å². The number of piperidine rings is 1. The molecule has 0 amide bonds. The number of nitrogens with two attached hydrogens (primary N) is 1. The first-order chi connectivity index (χ1) is 10.0. The standard InChI is InChI=1S/C15H24N4O2/c1-3-12-10(2)17-14(16)18-13(12)19-6-4-15(5-7-19)8-11(20)9-21-15/h11,20H,3-9H2,1-2H3,(H2,16,17,18)/t11-/m1/s1. The molecule has 3 heterocycles. The van der Waals surface area contributed by atoms with E-state index in [4.69, 9.17) is 10.5 Å². The van der Waals surface area contributed by atoms with Gasteiger partial charge in [0, 0.05) is 30.8 Å². The van der Waals surface area contributed by atoms with Crippen LogP contribution in [0.4, 0.5) is 11.8 Å². The summed E-state index contributed by atoms with van der Waals surface area (Å²) in [4.78, 5) is 11.0. The number of nitrogen functional groups attached to an aromatic ring is 1. The molecular weight excluding hydrogens is 268 g/mol. The topological polar surface area (TPSA) is 84.5 Å². The molecular formula is C15H24N4O2. The Morgan fingerprint density at radius 2 is 2.10 bits per heavy atom. The predicted molar refractivity (Wildman–Crippen MR) is 81.3 cm³/mol. The Bertz CT molecular complexity index is 527. The van der Waals surface area contributed by atoms with Crippen molar-refractivity contribution in [3.8, 4) is 0 Å². The zero-order chi connectivity index (χ0) is 15.0. The summed E-state index contributed by atoms with van der Waals surface area (Å²) in [5.74, 6) is 1.31. The SMILES string of the molecule is CCc1c(C)nc(N)nc1N1CCC2(CC1)C[C@@H](O)CO2. The van der Waals surface area contributed by atoms with E-state index in [1.165, 1.54) is 5.56 Å². The van der Waals surface area contributed by atoms with Crippen molar-refractivity contribution in [3.63, 3.8) is 0 Å². The second kappa shape index (κ2) is 5.42. The molecule has 1 spiro atoms. The maximum atomic E-state index is 9.71. The van der Waals surface area contributed by atoms with Gasteiger partial charge < -0.3 is 20.5 Å². The minimum atomic E-state index is -0.306. The molecule has 3 N–H and O–H groups in total. The summed E-state index contributed by atoms with van der Waals surface area (Å²) in [6.45, 7) is 6.35. The molecule has 1 atom stereocenters. The summed E-state index contributed by atoms with van der Waals surface area (Å²) in [7, 11) is 0. The van der Waals surface area contributed by atoms with E-state index in [1.807, 2.05) is 6.92 Å². The number of aliphatic hydroxyl groups excluding tert-OH is 1. The molecule has 1 aromatic rings. The Morgan fingerprint density at radius 3 is 2.67 bits per heavy atom. The minimum absolute atomic E-state index is 0.129. The lowest BCUT2D eigenvalue weighted by molar-refractivity contribution is -0.0167. The molecule has 21 heavy (non-hydrogen) atoms. The predicted octanol–water partition coefficient (Wildman–Crippen LogP) is 1.05. The van der Waals surface area contributed by atoms with E-state index in [1.54, 1.807) is 0 Å². The number of ether oxygens (including phenoxy) is 1. The number of hydrogen-bond acceptors (Lipinski definition) is 6. The average molecular weight is 292 g/mol. The van der Waals surface area contributed by atoms with Gasteiger partial charge in [-0.05, 0) is 26.2 Å². The third-order valence-electron chi connectivity index (χ3n) is 4.73. The first-order valence-electron chi connectivity index (χ1n) is 7.73. The number of hydrogen-bond donors (Lipinski definition) is 2. The highest BCUT2D eigenvalue weighted by Gasteiger charge is 2.42. The summed E-state index contributed by atoms with van der Waals surface area (Å²) >= 11 is 0. The highest BCUT2D eigenvalue weighted by Crippen LogP contribution is 2.37. The average Bonchev–Trinajstić information content (AvgIpc) is 2.80. The van der Waals surface area contributed by atoms with Crippen molar-refractivity contribution in [1.82, 2.24) is 9.97 Å². The van der Waals surface area contributed by atoms with E-state index in [2.05, 4.69) is 21.8 Å². The van der Waals surface area contributed by atoms with Gasteiger partial charge in [0.05, 0.1) is 18.3 Å². The molecule has 2 fully saturated rings. The van der Waals surface area contributed by atoms with Gasteiger partial charge in [0.15, 0.2) is 0 Å². The van der Waals surface area contributed by atoms with Crippen LogP contribution in [0.25, 0.3) is 0 Å². The van der Waals surface area contributed by atoms with Gasteiger partial charge in [0.25, 0.3) is 0 Å². The van der Waals surface area contributed by atoms with Gasteiger partial charge in [0.2, 0.25) is 5.95 Å². The summed E-state index contributed by atoms with van der Waals surface area (Å²) in [6, 6.07) is 0. The first kappa shape index (κ1) is 14.5. The normalized spacial score (nSPS) is 24.7. The molecule has 2 aliphatic rings. The molecule has 2 saturated heterocycles. The second-order valence-corrected chi connectivity index (χ2v) is 6.16. The van der Waals surface area contributed by atoms with Gasteiger partial charge in [-0.1, -0.05) is 6.92 Å². The maximum Gasteiger partial charge on any atom is 0.222 e. The molecule has 0 unspecified atom stereocenters. The molecule has 116 valence electrons. The van der Waals surface area contributed by atoms with Crippen LogP contribution in [0, 0.1) is 6.92 Å². The van der Waals surface area contributed by atoms with Crippen LogP contribution in [0.3, 0.4) is 0 Å². The van der Waals surface area contributed by atoms with Crippen LogP contribution in [-0.4, -0.2) is 46.5 Å². The second-order valence-electron chi connectivity index (χ2n) is 6.16. The summed E-state index contributed by atoms with van der Waals surface area (Å²) in [6.07, 6.45) is 3.21. The van der Waals surface area contributed by atoms with E-state index in [9.17, 15) is 5.11 Å². The molecule has 0 aromatic carbocycles. The first-order valence-corrected chi connectivity index (χ1v) is 7.73. The molecule has 3 rings (SSSR count). The van der Waals surface area contributed by atoms with Crippen molar-refractivity contribution in [1.29, 1.82) is 0 Å². The van der Waals surface area contributed by atoms with Gasteiger partial charge in [-0.25, -0.2) is 4.98 Å². The minimum Gasteiger partial charge on any atom is -0.391 e. The fraction of sp³-hybridized carbons (Fsp3) is 0.733. The van der Waals surface area contributed by atoms with E-state index < -0.39 is 0 Å². The van der Waals surface area contributed by atoms with Gasteiger partial charge in [-0.3, -0.25) is 0 Å². The fourth-order valence-corrected chi connectivity index (χ4v) is 3.57. The van der Waals surface area contributed by atoms with Crippen molar-refractivity contribution in [3.05, 3.63) is 11.3 Å². The molecule has 2 aliphatic heterocycles. The third-order valence-corrected chi connectivity index (χ3v) is 4.73. The fourth-order valence-electron chi connectivity index (χ4n) is 3.57. The highest BCUT2D eigenvalue weighted by atomic mass is 16.5. The van der Waals surface area contributed by atoms with Crippen molar-refractivity contribution in [2.24, 2.45) is 0 Å². The zero-order valence-electron chi connectivity index (χ0n) is 12.8. The van der Waals surface area contributed by atoms with Crippen LogP contribution in [0.15, 0.2) is 0 Å². The molecule has 6 nitrogen and oxygen atoms in total. The molecule has 1 aromatic heterocycles. The van der Waals surface area contributed by atoms with Crippen molar-refractivity contribution < 1.29 is 9.84 Å². The third kappa shape index (κ3) is 2.70. The Labute approximate surface area is 125 Å².